The fourth-order valence-corrected chi connectivity index (χ4v) is 2.05. The molecular formula is C13H20FN5. The number of hydrogen-bond donors (Lipinski definition) is 1. The molecule has 2 aromatic heterocycles. The monoisotopic (exact) mass is 265 g/mol. The number of anilines is 1. The summed E-state index contributed by atoms with van der Waals surface area (Å²) >= 11 is 0. The van der Waals surface area contributed by atoms with Crippen molar-refractivity contribution >= 4 is 11.6 Å². The highest BCUT2D eigenvalue weighted by Gasteiger charge is 2.10. The molecule has 1 N–H and O–H groups in total. The molecule has 5 nitrogen and oxygen atoms in total. The summed E-state index contributed by atoms with van der Waals surface area (Å²) in [6.07, 6.45) is 1.32. The predicted molar refractivity (Wildman–Crippen MR) is 73.8 cm³/mol. The maximum Gasteiger partial charge on any atom is 0.243 e. The Balaban J connectivity index is 2.04. The Morgan fingerprint density at radius 2 is 2.11 bits per heavy atom. The van der Waals surface area contributed by atoms with Crippen molar-refractivity contribution in [3.8, 4) is 0 Å². The molecule has 0 spiro atoms. The van der Waals surface area contributed by atoms with E-state index in [4.69, 9.17) is 0 Å². The van der Waals surface area contributed by atoms with Gasteiger partial charge in [0.25, 0.3) is 0 Å². The van der Waals surface area contributed by atoms with Gasteiger partial charge < -0.3 is 10.2 Å². The van der Waals surface area contributed by atoms with Gasteiger partial charge in [-0.25, -0.2) is 8.91 Å². The predicted octanol–water partition coefficient (Wildman–Crippen LogP) is 2.01. The molecule has 0 aliphatic rings. The first kappa shape index (κ1) is 13.7. The Labute approximate surface area is 112 Å². The molecule has 6 heteroatoms. The zero-order chi connectivity index (χ0) is 13.8. The number of nitrogens with one attached hydrogen (secondary N) is 1. The second kappa shape index (κ2) is 5.97. The number of pyridine rings is 1. The molecule has 0 bridgehead atoms. The molecule has 0 fully saturated rings. The van der Waals surface area contributed by atoms with Gasteiger partial charge in [0.1, 0.15) is 5.82 Å². The second-order valence-corrected chi connectivity index (χ2v) is 4.62. The molecule has 2 heterocycles. The molecule has 0 aromatic carbocycles. The Morgan fingerprint density at radius 3 is 2.79 bits per heavy atom. The highest BCUT2D eigenvalue weighted by Crippen LogP contribution is 2.08. The fraction of sp³-hybridized carbons (Fsp3) is 0.538. The fourth-order valence-electron chi connectivity index (χ4n) is 2.05. The summed E-state index contributed by atoms with van der Waals surface area (Å²) in [6.45, 7) is 9.34. The zero-order valence-corrected chi connectivity index (χ0v) is 11.6. The molecule has 0 radical (unpaired) electrons. The summed E-state index contributed by atoms with van der Waals surface area (Å²) in [4.78, 5) is 6.63. The molecule has 0 aliphatic heterocycles. The van der Waals surface area contributed by atoms with Crippen LogP contribution >= 0.6 is 0 Å². The number of aromatic nitrogens is 3. The molecular weight excluding hydrogens is 245 g/mol. The molecule has 19 heavy (non-hydrogen) atoms. The van der Waals surface area contributed by atoms with Gasteiger partial charge in [-0.1, -0.05) is 13.8 Å². The molecule has 1 atom stereocenters. The maximum absolute atomic E-state index is 13.1. The second-order valence-electron chi connectivity index (χ2n) is 4.62. The summed E-state index contributed by atoms with van der Waals surface area (Å²) in [5.74, 6) is 0.213. The lowest BCUT2D eigenvalue weighted by molar-refractivity contribution is 0.294. The number of hydrogen-bond acceptors (Lipinski definition) is 4. The van der Waals surface area contributed by atoms with Crippen molar-refractivity contribution in [3.63, 3.8) is 0 Å². The van der Waals surface area contributed by atoms with Crippen LogP contribution in [-0.4, -0.2) is 45.2 Å². The lowest BCUT2D eigenvalue weighted by atomic mass is 10.3. The SMILES string of the molecule is CCN(CC)CC(C)Nc1nc2ccc(F)cn2n1. The average Bonchev–Trinajstić information content (AvgIpc) is 2.77. The minimum atomic E-state index is -0.319. The lowest BCUT2D eigenvalue weighted by Gasteiger charge is -2.22. The molecule has 0 saturated heterocycles. The van der Waals surface area contributed by atoms with Gasteiger partial charge in [-0.2, -0.15) is 4.98 Å². The molecule has 0 amide bonds. The van der Waals surface area contributed by atoms with E-state index in [2.05, 4.69) is 41.1 Å². The van der Waals surface area contributed by atoms with Crippen LogP contribution in [0.1, 0.15) is 20.8 Å². The Kier molecular flexibility index (Phi) is 4.31. The highest BCUT2D eigenvalue weighted by molar-refractivity contribution is 5.43. The first-order chi connectivity index (χ1) is 9.12. The minimum Gasteiger partial charge on any atom is -0.349 e. The quantitative estimate of drug-likeness (QED) is 0.868. The van der Waals surface area contributed by atoms with Crippen molar-refractivity contribution in [2.24, 2.45) is 0 Å². The maximum atomic E-state index is 13.1. The third-order valence-electron chi connectivity index (χ3n) is 3.10. The van der Waals surface area contributed by atoms with Gasteiger partial charge in [0.05, 0.1) is 6.20 Å². The van der Waals surface area contributed by atoms with Gasteiger partial charge in [-0.05, 0) is 32.1 Å². The summed E-state index contributed by atoms with van der Waals surface area (Å²) in [7, 11) is 0. The Morgan fingerprint density at radius 1 is 1.37 bits per heavy atom. The van der Waals surface area contributed by atoms with E-state index in [-0.39, 0.29) is 11.9 Å². The van der Waals surface area contributed by atoms with E-state index in [0.29, 0.717) is 11.6 Å². The van der Waals surface area contributed by atoms with Gasteiger partial charge >= 0.3 is 0 Å². The number of rotatable bonds is 6. The Hall–Kier alpha value is -1.69. The summed E-state index contributed by atoms with van der Waals surface area (Å²) in [5, 5.41) is 7.45. The van der Waals surface area contributed by atoms with Crippen LogP contribution in [0.15, 0.2) is 18.3 Å². The Bertz CT molecular complexity index is 535. The van der Waals surface area contributed by atoms with Crippen molar-refractivity contribution in [1.82, 2.24) is 19.5 Å². The molecule has 0 saturated carbocycles. The molecule has 104 valence electrons. The number of fused-ring (bicyclic) bond motifs is 1. The highest BCUT2D eigenvalue weighted by atomic mass is 19.1. The summed E-state index contributed by atoms with van der Waals surface area (Å²) in [5.41, 5.74) is 0.638. The van der Waals surface area contributed by atoms with Gasteiger partial charge in [0.15, 0.2) is 5.65 Å². The van der Waals surface area contributed by atoms with Crippen molar-refractivity contribution in [2.45, 2.75) is 26.8 Å². The average molecular weight is 265 g/mol. The summed E-state index contributed by atoms with van der Waals surface area (Å²) < 4.78 is 14.5. The standard InChI is InChI=1S/C13H20FN5/c1-4-18(5-2)8-10(3)15-13-16-12-7-6-11(14)9-19(12)17-13/h6-7,9-10H,4-5,8H2,1-3H3,(H,15,17). The molecule has 2 rings (SSSR count). The van der Waals surface area contributed by atoms with Crippen molar-refractivity contribution < 1.29 is 4.39 Å². The van der Waals surface area contributed by atoms with Crippen LogP contribution in [0.5, 0.6) is 0 Å². The van der Waals surface area contributed by atoms with Crippen LogP contribution in [0.3, 0.4) is 0 Å². The van der Waals surface area contributed by atoms with Gasteiger partial charge in [-0.15, -0.1) is 5.10 Å². The topological polar surface area (TPSA) is 45.5 Å². The smallest absolute Gasteiger partial charge is 0.243 e. The van der Waals surface area contributed by atoms with Crippen LogP contribution in [-0.2, 0) is 0 Å². The normalized spacial score (nSPS) is 13.1. The number of halogens is 1. The van der Waals surface area contributed by atoms with Crippen LogP contribution in [0, 0.1) is 5.82 Å². The van der Waals surface area contributed by atoms with Crippen LogP contribution in [0.2, 0.25) is 0 Å². The van der Waals surface area contributed by atoms with E-state index in [9.17, 15) is 4.39 Å². The number of nitrogens with zero attached hydrogens (tertiary/aromatic N) is 4. The molecule has 1 unspecified atom stereocenters. The van der Waals surface area contributed by atoms with Gasteiger partial charge in [-0.3, -0.25) is 0 Å². The van der Waals surface area contributed by atoms with E-state index in [0.717, 1.165) is 19.6 Å². The van der Waals surface area contributed by atoms with Crippen LogP contribution in [0.4, 0.5) is 10.3 Å². The van der Waals surface area contributed by atoms with E-state index < -0.39 is 0 Å². The zero-order valence-electron chi connectivity index (χ0n) is 11.6. The minimum absolute atomic E-state index is 0.238. The third kappa shape index (κ3) is 3.41. The van der Waals surface area contributed by atoms with Crippen molar-refractivity contribution in [2.75, 3.05) is 25.0 Å². The first-order valence-corrected chi connectivity index (χ1v) is 6.63. The molecule has 2 aromatic rings. The van der Waals surface area contributed by atoms with E-state index in [1.54, 1.807) is 6.07 Å². The first-order valence-electron chi connectivity index (χ1n) is 6.63. The summed E-state index contributed by atoms with van der Waals surface area (Å²) in [6, 6.07) is 3.23. The lowest BCUT2D eigenvalue weighted by Crippen LogP contribution is -2.35. The van der Waals surface area contributed by atoms with E-state index in [1.807, 2.05) is 0 Å². The third-order valence-corrected chi connectivity index (χ3v) is 3.10. The van der Waals surface area contributed by atoms with Crippen molar-refractivity contribution in [1.29, 1.82) is 0 Å². The largest absolute Gasteiger partial charge is 0.349 e. The number of likely N-dealkylation sites (N-methyl/N-ethyl adjacent to an activating group) is 1. The van der Waals surface area contributed by atoms with E-state index >= 15 is 0 Å². The van der Waals surface area contributed by atoms with Gasteiger partial charge in [0.2, 0.25) is 5.95 Å². The van der Waals surface area contributed by atoms with Crippen LogP contribution in [0.25, 0.3) is 5.65 Å². The van der Waals surface area contributed by atoms with Crippen LogP contribution < -0.4 is 5.32 Å². The van der Waals surface area contributed by atoms with Gasteiger partial charge in [0, 0.05) is 12.6 Å². The van der Waals surface area contributed by atoms with E-state index in [1.165, 1.54) is 16.8 Å². The van der Waals surface area contributed by atoms with Crippen molar-refractivity contribution in [3.05, 3.63) is 24.1 Å². The molecule has 0 aliphatic carbocycles.